The molecule has 0 fully saturated rings. The number of nitrogens with one attached hydrogen (secondary N) is 1. The van der Waals surface area contributed by atoms with Crippen LogP contribution in [0.4, 0.5) is 10.5 Å². The van der Waals surface area contributed by atoms with Crippen LogP contribution >= 0.6 is 0 Å². The first kappa shape index (κ1) is 19.2. The molecule has 3 rings (SSSR count). The van der Waals surface area contributed by atoms with Crippen LogP contribution in [-0.4, -0.2) is 30.4 Å². The molecule has 0 radical (unpaired) electrons. The quantitative estimate of drug-likeness (QED) is 0.372. The second-order valence-electron chi connectivity index (χ2n) is 6.13. The topological polar surface area (TPSA) is 92.3 Å². The summed E-state index contributed by atoms with van der Waals surface area (Å²) in [5.41, 5.74) is 3.87. The number of nitrogens with two attached hydrogens (primary N) is 1. The number of benzene rings is 2. The molecule has 0 saturated heterocycles. The molecule has 7 nitrogen and oxygen atoms in total. The van der Waals surface area contributed by atoms with Gasteiger partial charge < -0.3 is 10.6 Å². The molecular weight excluding hydrogens is 354 g/mol. The summed E-state index contributed by atoms with van der Waals surface area (Å²) in [6.07, 6.45) is -1.32. The Kier molecular flexibility index (Phi) is 5.74. The molecule has 7 heteroatoms. The second kappa shape index (κ2) is 8.39. The highest BCUT2D eigenvalue weighted by atomic mass is 16.5. The Labute approximate surface area is 164 Å². The van der Waals surface area contributed by atoms with Crippen molar-refractivity contribution in [1.82, 2.24) is 5.32 Å². The van der Waals surface area contributed by atoms with Gasteiger partial charge in [0, 0.05) is 11.1 Å². The number of carbonyl (C=O) groups excluding carboxylic acids is 1. The number of alkyl carbamates (subject to hydrolysis) is 1. The molecule has 0 saturated carbocycles. The number of rotatable bonds is 3. The number of hydrazone groups is 1. The fourth-order valence-electron chi connectivity index (χ4n) is 3.08. The number of hydrogen-bond acceptors (Lipinski definition) is 5. The number of aliphatic imine (C=N–C) groups is 1. The van der Waals surface area contributed by atoms with Crippen LogP contribution in [0, 0.1) is 0 Å². The fraction of sp³-hybridized carbons (Fsp3) is 0.190. The molecule has 0 aliphatic carbocycles. The number of nitrogens with zero attached hydrogens (tertiary/aromatic N) is 3. The fourth-order valence-corrected chi connectivity index (χ4v) is 3.08. The van der Waals surface area contributed by atoms with Gasteiger partial charge in [-0.25, -0.2) is 4.79 Å². The number of benzodiazepines with no additional fused rings is 1. The number of ether oxygens (including phenoxy) is 1. The summed E-state index contributed by atoms with van der Waals surface area (Å²) < 4.78 is 5.04. The number of anilines is 1. The zero-order valence-corrected chi connectivity index (χ0v) is 15.9. The molecule has 1 heterocycles. The van der Waals surface area contributed by atoms with E-state index in [1.54, 1.807) is 18.7 Å². The molecule has 0 spiro atoms. The van der Waals surface area contributed by atoms with E-state index in [-0.39, 0.29) is 6.61 Å². The Morgan fingerprint density at radius 1 is 1.25 bits per heavy atom. The molecule has 0 aromatic heterocycles. The summed E-state index contributed by atoms with van der Waals surface area (Å²) in [7, 11) is 0. The molecule has 3 N–H and O–H groups in total. The van der Waals surface area contributed by atoms with Crippen LogP contribution in [0.2, 0.25) is 0 Å². The maximum Gasteiger partial charge on any atom is 0.409 e. The van der Waals surface area contributed by atoms with E-state index in [2.05, 4.69) is 17.0 Å². The van der Waals surface area contributed by atoms with Crippen molar-refractivity contribution in [3.63, 3.8) is 0 Å². The summed E-state index contributed by atoms with van der Waals surface area (Å²) in [6.45, 7) is 7.93. The molecule has 2 aromatic rings. The lowest BCUT2D eigenvalue weighted by molar-refractivity contribution is 0.150. The average molecular weight is 377 g/mol. The predicted octanol–water partition coefficient (Wildman–Crippen LogP) is 3.22. The minimum Gasteiger partial charge on any atom is -0.450 e. The lowest BCUT2D eigenvalue weighted by Crippen LogP contribution is -2.42. The smallest absolute Gasteiger partial charge is 0.409 e. The number of carbonyl (C=O) groups is 1. The van der Waals surface area contributed by atoms with Gasteiger partial charge in [-0.15, -0.1) is 0 Å². The van der Waals surface area contributed by atoms with Crippen molar-refractivity contribution in [2.45, 2.75) is 20.0 Å². The van der Waals surface area contributed by atoms with Gasteiger partial charge in [0.25, 0.3) is 0 Å². The lowest BCUT2D eigenvalue weighted by atomic mass is 10.0. The van der Waals surface area contributed by atoms with Crippen LogP contribution in [0.1, 0.15) is 25.0 Å². The predicted molar refractivity (Wildman–Crippen MR) is 111 cm³/mol. The number of para-hydroxylation sites is 1. The number of fused-ring (bicyclic) bond motifs is 1. The minimum atomic E-state index is -0.752. The van der Waals surface area contributed by atoms with Gasteiger partial charge in [0.05, 0.1) is 23.7 Å². The highest BCUT2D eigenvalue weighted by molar-refractivity contribution is 6.19. The van der Waals surface area contributed by atoms with Gasteiger partial charge in [0.15, 0.2) is 6.17 Å². The molecule has 0 bridgehead atoms. The standard InChI is InChI=1S/C21H23N5O2/c1-4-28-21(27)24-20-14(2)26(15(3)25-22)18-13-9-8-12-17(18)19(23-20)16-10-6-5-7-11-16/h5-13,20H,2,4,22H2,1,3H3,(H,24,27)/b25-15-. The molecule has 1 amide bonds. The third kappa shape index (κ3) is 3.73. The van der Waals surface area contributed by atoms with Crippen LogP contribution in [0.3, 0.4) is 0 Å². The van der Waals surface area contributed by atoms with E-state index < -0.39 is 12.3 Å². The SMILES string of the molecule is C=C1C(NC(=O)OCC)N=C(c2ccccc2)c2ccccc2N1/C(C)=N\N. The monoisotopic (exact) mass is 377 g/mol. The molecule has 1 aliphatic rings. The number of amides is 1. The van der Waals surface area contributed by atoms with Crippen molar-refractivity contribution in [2.24, 2.45) is 15.9 Å². The lowest BCUT2D eigenvalue weighted by Gasteiger charge is -2.28. The summed E-state index contributed by atoms with van der Waals surface area (Å²) in [4.78, 5) is 18.7. The summed E-state index contributed by atoms with van der Waals surface area (Å²) in [5.74, 6) is 6.09. The van der Waals surface area contributed by atoms with Crippen LogP contribution < -0.4 is 16.1 Å². The average Bonchev–Trinajstić information content (AvgIpc) is 2.83. The van der Waals surface area contributed by atoms with Gasteiger partial charge >= 0.3 is 6.09 Å². The Bertz CT molecular complexity index is 937. The van der Waals surface area contributed by atoms with Crippen LogP contribution in [0.15, 0.2) is 77.0 Å². The Balaban J connectivity index is 2.20. The molecule has 1 atom stereocenters. The van der Waals surface area contributed by atoms with E-state index in [0.717, 1.165) is 22.5 Å². The van der Waals surface area contributed by atoms with Crippen molar-refractivity contribution in [3.05, 3.63) is 78.0 Å². The minimum absolute atomic E-state index is 0.257. The van der Waals surface area contributed by atoms with Gasteiger partial charge in [-0.3, -0.25) is 15.2 Å². The van der Waals surface area contributed by atoms with E-state index in [0.29, 0.717) is 11.5 Å². The van der Waals surface area contributed by atoms with E-state index in [1.807, 2.05) is 54.6 Å². The first-order chi connectivity index (χ1) is 13.6. The zero-order chi connectivity index (χ0) is 20.1. The number of amidine groups is 1. The van der Waals surface area contributed by atoms with Crippen LogP contribution in [-0.2, 0) is 4.74 Å². The van der Waals surface area contributed by atoms with Crippen molar-refractivity contribution >= 4 is 23.3 Å². The first-order valence-corrected chi connectivity index (χ1v) is 8.96. The molecule has 144 valence electrons. The first-order valence-electron chi connectivity index (χ1n) is 8.96. The van der Waals surface area contributed by atoms with Crippen molar-refractivity contribution in [2.75, 3.05) is 11.5 Å². The summed E-state index contributed by atoms with van der Waals surface area (Å²) in [6, 6.07) is 17.5. The van der Waals surface area contributed by atoms with Crippen LogP contribution in [0.5, 0.6) is 0 Å². The largest absolute Gasteiger partial charge is 0.450 e. The van der Waals surface area contributed by atoms with Gasteiger partial charge in [0.1, 0.15) is 5.84 Å². The van der Waals surface area contributed by atoms with Crippen LogP contribution in [0.25, 0.3) is 0 Å². The zero-order valence-electron chi connectivity index (χ0n) is 15.9. The molecular formula is C21H23N5O2. The van der Waals surface area contributed by atoms with Crippen molar-refractivity contribution in [3.8, 4) is 0 Å². The Morgan fingerprint density at radius 3 is 2.61 bits per heavy atom. The van der Waals surface area contributed by atoms with E-state index in [1.165, 1.54) is 0 Å². The van der Waals surface area contributed by atoms with Gasteiger partial charge in [0.2, 0.25) is 0 Å². The van der Waals surface area contributed by atoms with Crippen molar-refractivity contribution < 1.29 is 9.53 Å². The summed E-state index contributed by atoms with van der Waals surface area (Å²) >= 11 is 0. The molecule has 1 aliphatic heterocycles. The highest BCUT2D eigenvalue weighted by Gasteiger charge is 2.30. The third-order valence-corrected chi connectivity index (χ3v) is 4.35. The summed E-state index contributed by atoms with van der Waals surface area (Å²) in [5, 5.41) is 6.61. The second-order valence-corrected chi connectivity index (χ2v) is 6.13. The molecule has 2 aromatic carbocycles. The maximum atomic E-state index is 12.1. The van der Waals surface area contributed by atoms with E-state index in [9.17, 15) is 4.79 Å². The molecule has 1 unspecified atom stereocenters. The normalized spacial score (nSPS) is 16.7. The van der Waals surface area contributed by atoms with E-state index >= 15 is 0 Å². The maximum absolute atomic E-state index is 12.1. The number of hydrogen-bond donors (Lipinski definition) is 2. The van der Waals surface area contributed by atoms with Crippen molar-refractivity contribution in [1.29, 1.82) is 0 Å². The Hall–Kier alpha value is -3.61. The molecule has 28 heavy (non-hydrogen) atoms. The van der Waals surface area contributed by atoms with E-state index in [4.69, 9.17) is 15.6 Å². The third-order valence-electron chi connectivity index (χ3n) is 4.35. The van der Waals surface area contributed by atoms with Gasteiger partial charge in [-0.05, 0) is 19.9 Å². The van der Waals surface area contributed by atoms with Gasteiger partial charge in [-0.2, -0.15) is 5.10 Å². The van der Waals surface area contributed by atoms with Gasteiger partial charge in [-0.1, -0.05) is 55.1 Å². The highest BCUT2D eigenvalue weighted by Crippen LogP contribution is 2.31. The Morgan fingerprint density at radius 2 is 1.93 bits per heavy atom.